The second-order valence-electron chi connectivity index (χ2n) is 4.18. The van der Waals surface area contributed by atoms with Crippen LogP contribution in [-0.2, 0) is 9.59 Å². The van der Waals surface area contributed by atoms with Crippen LogP contribution in [0.4, 0.5) is 10.7 Å². The normalized spacial score (nSPS) is 11.3. The van der Waals surface area contributed by atoms with Gasteiger partial charge < -0.3 is 17.3 Å². The smallest absolute Gasteiger partial charge is 1.00 e. The van der Waals surface area contributed by atoms with Crippen molar-refractivity contribution < 1.29 is 40.6 Å². The Hall–Kier alpha value is -0.920. The Labute approximate surface area is 154 Å². The first-order valence-corrected chi connectivity index (χ1v) is 6.91. The molecule has 0 saturated heterocycles. The molecule has 3 N–H and O–H groups in total. The maximum absolute atomic E-state index is 12.1. The number of nitrogens with one attached hydrogen (secondary N) is 1. The number of carbonyl (C=O) groups is 2. The maximum atomic E-state index is 12.1. The van der Waals surface area contributed by atoms with Crippen molar-refractivity contribution in [3.8, 4) is 0 Å². The van der Waals surface area contributed by atoms with E-state index in [2.05, 4.69) is 9.69 Å². The fraction of sp³-hybridized carbons (Fsp3) is 0.154. The molecule has 0 radical (unpaired) electrons. The minimum atomic E-state index is -0.908. The van der Waals surface area contributed by atoms with E-state index in [0.29, 0.717) is 33.3 Å². The van der Waals surface area contributed by atoms with Gasteiger partial charge in [-0.05, 0) is 36.2 Å². The zero-order chi connectivity index (χ0) is 14.7. The Morgan fingerprint density at radius 3 is 2.57 bits per heavy atom. The molecule has 0 bridgehead atoms. The van der Waals surface area contributed by atoms with Crippen molar-refractivity contribution in [1.82, 2.24) is 4.37 Å². The van der Waals surface area contributed by atoms with Gasteiger partial charge in [0.15, 0.2) is 0 Å². The molecule has 0 saturated carbocycles. The number of aromatic nitrogens is 1. The third kappa shape index (κ3) is 4.28. The van der Waals surface area contributed by atoms with E-state index in [9.17, 15) is 9.59 Å². The second-order valence-corrected chi connectivity index (χ2v) is 5.33. The van der Waals surface area contributed by atoms with Crippen molar-refractivity contribution in [3.05, 3.63) is 40.5 Å². The van der Waals surface area contributed by atoms with Gasteiger partial charge >= 0.3 is 29.6 Å². The van der Waals surface area contributed by atoms with E-state index in [1.165, 1.54) is 0 Å². The number of amides is 1. The number of nitrogens with two attached hydrogens (primary N) is 1. The summed E-state index contributed by atoms with van der Waals surface area (Å²) in [5, 5.41) is 3.45. The van der Waals surface area contributed by atoms with Crippen molar-refractivity contribution >= 4 is 46.0 Å². The minimum absolute atomic E-state index is 0. The number of anilines is 2. The number of carbonyl (C=O) groups excluding carboxylic acids is 2. The van der Waals surface area contributed by atoms with Gasteiger partial charge in [-0.15, -0.1) is 0 Å². The Morgan fingerprint density at radius 2 is 2.10 bits per heavy atom. The van der Waals surface area contributed by atoms with E-state index < -0.39 is 11.8 Å². The molecule has 0 aliphatic heterocycles. The monoisotopic (exact) mass is 333 g/mol. The van der Waals surface area contributed by atoms with Crippen LogP contribution in [-0.4, -0.2) is 16.6 Å². The van der Waals surface area contributed by atoms with Gasteiger partial charge in [0, 0.05) is 5.69 Å². The molecule has 0 aliphatic rings. The molecular formula is C13H13ClN3NaO2S. The average Bonchev–Trinajstić information content (AvgIpc) is 2.74. The van der Waals surface area contributed by atoms with Crippen LogP contribution in [0.3, 0.4) is 0 Å². The standard InChI is InChI=1S/C13H12ClN3O2S.Na.H/c1-7-11(14)13(20-17-7)16-12(19)10(6-18)8-2-4-9(15)5-3-8;;/h2-6,10H,15H2,1H3,(H,16,19);;/q;+1;-1. The number of benzene rings is 1. The van der Waals surface area contributed by atoms with Gasteiger partial charge in [0.1, 0.15) is 17.2 Å². The molecule has 0 fully saturated rings. The minimum Gasteiger partial charge on any atom is -1.00 e. The Balaban J connectivity index is 0.00000220. The number of hydrogen-bond donors (Lipinski definition) is 2. The van der Waals surface area contributed by atoms with Crippen LogP contribution < -0.4 is 40.6 Å². The zero-order valence-corrected chi connectivity index (χ0v) is 15.2. The summed E-state index contributed by atoms with van der Waals surface area (Å²) in [5.74, 6) is -1.36. The molecule has 1 atom stereocenters. The quantitative estimate of drug-likeness (QED) is 0.349. The van der Waals surface area contributed by atoms with Gasteiger partial charge in [0.2, 0.25) is 5.91 Å². The Morgan fingerprint density at radius 1 is 1.48 bits per heavy atom. The van der Waals surface area contributed by atoms with Gasteiger partial charge in [-0.25, -0.2) is 0 Å². The summed E-state index contributed by atoms with van der Waals surface area (Å²) < 4.78 is 4.03. The van der Waals surface area contributed by atoms with Gasteiger partial charge in [-0.1, -0.05) is 23.7 Å². The molecule has 2 aromatic rings. The second kappa shape index (κ2) is 7.91. The summed E-state index contributed by atoms with van der Waals surface area (Å²) in [7, 11) is 0. The molecule has 1 aromatic carbocycles. The molecule has 2 rings (SSSR count). The predicted molar refractivity (Wildman–Crippen MR) is 81.3 cm³/mol. The molecule has 21 heavy (non-hydrogen) atoms. The molecule has 5 nitrogen and oxygen atoms in total. The molecule has 1 aromatic heterocycles. The third-order valence-electron chi connectivity index (χ3n) is 2.74. The molecule has 1 heterocycles. The Bertz CT molecular complexity index is 651. The van der Waals surface area contributed by atoms with Crippen LogP contribution >= 0.6 is 23.1 Å². The van der Waals surface area contributed by atoms with Crippen LogP contribution in [0, 0.1) is 6.92 Å². The van der Waals surface area contributed by atoms with Crippen molar-refractivity contribution in [2.24, 2.45) is 0 Å². The van der Waals surface area contributed by atoms with Crippen LogP contribution in [0.25, 0.3) is 0 Å². The number of nitrogens with zero attached hydrogens (tertiary/aromatic N) is 1. The fourth-order valence-electron chi connectivity index (χ4n) is 1.62. The first-order chi connectivity index (χ1) is 9.52. The zero-order valence-electron chi connectivity index (χ0n) is 12.6. The summed E-state index contributed by atoms with van der Waals surface area (Å²) in [4.78, 5) is 23.3. The number of nitrogen functional groups attached to an aromatic ring is 1. The largest absolute Gasteiger partial charge is 1.00 e. The van der Waals surface area contributed by atoms with Crippen LogP contribution in [0.5, 0.6) is 0 Å². The number of rotatable bonds is 4. The average molecular weight is 334 g/mol. The van der Waals surface area contributed by atoms with E-state index in [1.54, 1.807) is 31.2 Å². The van der Waals surface area contributed by atoms with Crippen molar-refractivity contribution in [2.45, 2.75) is 12.8 Å². The third-order valence-corrected chi connectivity index (χ3v) is 4.17. The van der Waals surface area contributed by atoms with Crippen molar-refractivity contribution in [1.29, 1.82) is 0 Å². The predicted octanol–water partition coefficient (Wildman–Crippen LogP) is -0.275. The summed E-state index contributed by atoms with van der Waals surface area (Å²) in [5.41, 5.74) is 7.36. The summed E-state index contributed by atoms with van der Waals surface area (Å²) >= 11 is 7.08. The molecule has 1 amide bonds. The van der Waals surface area contributed by atoms with Gasteiger partial charge in [0.25, 0.3) is 0 Å². The molecule has 0 aliphatic carbocycles. The summed E-state index contributed by atoms with van der Waals surface area (Å²) in [6.45, 7) is 1.74. The topological polar surface area (TPSA) is 85.1 Å². The summed E-state index contributed by atoms with van der Waals surface area (Å²) in [6, 6.07) is 6.58. The van der Waals surface area contributed by atoms with Gasteiger partial charge in [-0.3, -0.25) is 4.79 Å². The van der Waals surface area contributed by atoms with E-state index in [-0.39, 0.29) is 31.0 Å². The molecule has 106 valence electrons. The van der Waals surface area contributed by atoms with E-state index in [4.69, 9.17) is 17.3 Å². The SMILES string of the molecule is Cc1nsc(NC(=O)C(C=O)c2ccc(N)cc2)c1Cl.[H-].[Na+]. The van der Waals surface area contributed by atoms with Crippen molar-refractivity contribution in [2.75, 3.05) is 11.1 Å². The first kappa shape index (κ1) is 18.1. The van der Waals surface area contributed by atoms with Crippen molar-refractivity contribution in [3.63, 3.8) is 0 Å². The van der Waals surface area contributed by atoms with E-state index >= 15 is 0 Å². The maximum Gasteiger partial charge on any atom is 1.00 e. The first-order valence-electron chi connectivity index (χ1n) is 5.76. The van der Waals surface area contributed by atoms with Crippen LogP contribution in [0.1, 0.15) is 18.6 Å². The molecule has 0 spiro atoms. The van der Waals surface area contributed by atoms with Gasteiger partial charge in [0.05, 0.1) is 10.7 Å². The number of halogens is 1. The Kier molecular flexibility index (Phi) is 6.83. The number of aryl methyl sites for hydroxylation is 1. The van der Waals surface area contributed by atoms with Gasteiger partial charge in [-0.2, -0.15) is 4.37 Å². The molecule has 1 unspecified atom stereocenters. The van der Waals surface area contributed by atoms with E-state index in [0.717, 1.165) is 11.5 Å². The fourth-order valence-corrected chi connectivity index (χ4v) is 2.56. The number of aldehydes is 1. The number of hydrogen-bond acceptors (Lipinski definition) is 5. The molecule has 8 heteroatoms. The van der Waals surface area contributed by atoms with E-state index in [1.807, 2.05) is 0 Å². The molecular weight excluding hydrogens is 321 g/mol. The van der Waals surface area contributed by atoms with Crippen LogP contribution in [0.2, 0.25) is 5.02 Å². The summed E-state index contributed by atoms with van der Waals surface area (Å²) in [6.07, 6.45) is 0.586. The van der Waals surface area contributed by atoms with Crippen LogP contribution in [0.15, 0.2) is 24.3 Å².